The van der Waals surface area contributed by atoms with Crippen LogP contribution in [0.1, 0.15) is 0 Å². The van der Waals surface area contributed by atoms with Crippen molar-refractivity contribution in [1.82, 2.24) is 14.5 Å². The predicted molar refractivity (Wildman–Crippen MR) is 124 cm³/mol. The van der Waals surface area contributed by atoms with Gasteiger partial charge in [-0.2, -0.15) is 0 Å². The first-order valence-electron chi connectivity index (χ1n) is 9.81. The minimum Gasteiger partial charge on any atom is -0.309 e. The van der Waals surface area contributed by atoms with Crippen LogP contribution in [0.3, 0.4) is 0 Å². The highest BCUT2D eigenvalue weighted by molar-refractivity contribution is 6.32. The summed E-state index contributed by atoms with van der Waals surface area (Å²) in [4.78, 5) is 9.36. The molecule has 0 radical (unpaired) electrons. The Balaban J connectivity index is 1.67. The Morgan fingerprint density at radius 3 is 2.10 bits per heavy atom. The fraction of sp³-hybridized carbons (Fsp3) is 0. The molecule has 0 spiro atoms. The normalized spacial score (nSPS) is 11.5. The molecular formula is C26H16ClN3. The van der Waals surface area contributed by atoms with Gasteiger partial charge in [0.2, 0.25) is 0 Å². The van der Waals surface area contributed by atoms with Crippen molar-refractivity contribution in [2.75, 3.05) is 0 Å². The summed E-state index contributed by atoms with van der Waals surface area (Å²) in [6, 6.07) is 33.1. The molecule has 0 amide bonds. The smallest absolute Gasteiger partial charge is 0.156 e. The second kappa shape index (κ2) is 6.68. The summed E-state index contributed by atoms with van der Waals surface area (Å²) in [6.07, 6.45) is 0. The van der Waals surface area contributed by atoms with Crippen LogP contribution in [0.15, 0.2) is 97.1 Å². The van der Waals surface area contributed by atoms with E-state index in [1.807, 2.05) is 30.3 Å². The molecule has 3 nitrogen and oxygen atoms in total. The summed E-state index contributed by atoms with van der Waals surface area (Å²) in [5.74, 6) is 0. The average molecular weight is 406 g/mol. The molecule has 142 valence electrons. The van der Waals surface area contributed by atoms with Gasteiger partial charge >= 0.3 is 0 Å². The van der Waals surface area contributed by atoms with Gasteiger partial charge in [-0.3, -0.25) is 0 Å². The largest absolute Gasteiger partial charge is 0.309 e. The minimum absolute atomic E-state index is 0.412. The lowest BCUT2D eigenvalue weighted by Gasteiger charge is -2.09. The molecule has 30 heavy (non-hydrogen) atoms. The molecule has 0 aliphatic heterocycles. The topological polar surface area (TPSA) is 30.7 Å². The minimum atomic E-state index is 0.412. The summed E-state index contributed by atoms with van der Waals surface area (Å²) in [5, 5.41) is 2.83. The Morgan fingerprint density at radius 2 is 1.27 bits per heavy atom. The maximum Gasteiger partial charge on any atom is 0.156 e. The standard InChI is InChI=1S/C26H16ClN3/c27-26-25(28-21-11-5-6-12-22(21)29-26)17-14-15-20-19-10-4-7-13-23(19)30(24(20)16-17)18-8-2-1-3-9-18/h1-16H. The maximum absolute atomic E-state index is 6.54. The molecule has 4 heteroatoms. The van der Waals surface area contributed by atoms with Crippen LogP contribution < -0.4 is 0 Å². The number of rotatable bonds is 2. The molecule has 2 heterocycles. The zero-order valence-electron chi connectivity index (χ0n) is 16.0. The zero-order valence-corrected chi connectivity index (χ0v) is 16.7. The molecular weight excluding hydrogens is 390 g/mol. The van der Waals surface area contributed by atoms with Crippen LogP contribution in [0.5, 0.6) is 0 Å². The van der Waals surface area contributed by atoms with E-state index in [4.69, 9.17) is 16.6 Å². The van der Waals surface area contributed by atoms with Crippen molar-refractivity contribution < 1.29 is 0 Å². The Kier molecular flexibility index (Phi) is 3.83. The first kappa shape index (κ1) is 17.2. The summed E-state index contributed by atoms with van der Waals surface area (Å²) in [6.45, 7) is 0. The van der Waals surface area contributed by atoms with Crippen LogP contribution in [-0.2, 0) is 0 Å². The molecule has 2 aromatic heterocycles. The van der Waals surface area contributed by atoms with Crippen molar-refractivity contribution >= 4 is 44.4 Å². The Labute approximate surface area is 178 Å². The van der Waals surface area contributed by atoms with Crippen molar-refractivity contribution in [3.63, 3.8) is 0 Å². The van der Waals surface area contributed by atoms with Crippen LogP contribution in [0, 0.1) is 0 Å². The highest BCUT2D eigenvalue weighted by Crippen LogP contribution is 2.35. The molecule has 0 saturated heterocycles. The van der Waals surface area contributed by atoms with Crippen molar-refractivity contribution in [3.8, 4) is 16.9 Å². The molecule has 0 aliphatic rings. The van der Waals surface area contributed by atoms with E-state index in [1.54, 1.807) is 0 Å². The van der Waals surface area contributed by atoms with E-state index in [0.29, 0.717) is 10.8 Å². The molecule has 0 unspecified atom stereocenters. The molecule has 4 aromatic carbocycles. The van der Waals surface area contributed by atoms with Crippen molar-refractivity contribution in [2.24, 2.45) is 0 Å². The van der Waals surface area contributed by atoms with E-state index in [0.717, 1.165) is 27.8 Å². The van der Waals surface area contributed by atoms with Gasteiger partial charge in [-0.1, -0.05) is 72.3 Å². The summed E-state index contributed by atoms with van der Waals surface area (Å²) >= 11 is 6.54. The molecule has 0 N–H and O–H groups in total. The third-order valence-corrected chi connectivity index (χ3v) is 5.75. The van der Waals surface area contributed by atoms with Crippen LogP contribution in [0.4, 0.5) is 0 Å². The highest BCUT2D eigenvalue weighted by atomic mass is 35.5. The lowest BCUT2D eigenvalue weighted by molar-refractivity contribution is 1.18. The molecule has 0 atom stereocenters. The van der Waals surface area contributed by atoms with Gasteiger partial charge in [-0.15, -0.1) is 0 Å². The van der Waals surface area contributed by atoms with Gasteiger partial charge in [-0.05, 0) is 36.4 Å². The lowest BCUT2D eigenvalue weighted by atomic mass is 10.1. The van der Waals surface area contributed by atoms with E-state index in [2.05, 4.69) is 76.3 Å². The second-order valence-electron chi connectivity index (χ2n) is 7.27. The average Bonchev–Trinajstić information content (AvgIpc) is 3.13. The van der Waals surface area contributed by atoms with E-state index < -0.39 is 0 Å². The zero-order chi connectivity index (χ0) is 20.1. The maximum atomic E-state index is 6.54. The van der Waals surface area contributed by atoms with Crippen molar-refractivity contribution in [3.05, 3.63) is 102 Å². The lowest BCUT2D eigenvalue weighted by Crippen LogP contribution is -1.94. The first-order chi connectivity index (χ1) is 14.8. The fourth-order valence-electron chi connectivity index (χ4n) is 4.14. The summed E-state index contributed by atoms with van der Waals surface area (Å²) < 4.78 is 2.29. The molecule has 0 fully saturated rings. The molecule has 6 aromatic rings. The van der Waals surface area contributed by atoms with Crippen LogP contribution in [0.25, 0.3) is 49.8 Å². The quantitative estimate of drug-likeness (QED) is 0.309. The number of hydrogen-bond acceptors (Lipinski definition) is 2. The van der Waals surface area contributed by atoms with E-state index in [-0.39, 0.29) is 0 Å². The fourth-order valence-corrected chi connectivity index (χ4v) is 4.38. The predicted octanol–water partition coefficient (Wildman–Crippen LogP) is 7.05. The summed E-state index contributed by atoms with van der Waals surface area (Å²) in [7, 11) is 0. The van der Waals surface area contributed by atoms with Gasteiger partial charge in [0.1, 0.15) is 5.69 Å². The molecule has 0 aliphatic carbocycles. The van der Waals surface area contributed by atoms with E-state index in [1.165, 1.54) is 16.3 Å². The third-order valence-electron chi connectivity index (χ3n) is 5.49. The molecule has 6 rings (SSSR count). The number of nitrogens with zero attached hydrogens (tertiary/aromatic N) is 3. The number of para-hydroxylation sites is 4. The van der Waals surface area contributed by atoms with Crippen molar-refractivity contribution in [1.29, 1.82) is 0 Å². The van der Waals surface area contributed by atoms with Gasteiger partial charge in [0.15, 0.2) is 5.15 Å². The number of benzene rings is 4. The van der Waals surface area contributed by atoms with Crippen LogP contribution >= 0.6 is 11.6 Å². The monoisotopic (exact) mass is 405 g/mol. The van der Waals surface area contributed by atoms with E-state index >= 15 is 0 Å². The number of fused-ring (bicyclic) bond motifs is 4. The van der Waals surface area contributed by atoms with E-state index in [9.17, 15) is 0 Å². The third kappa shape index (κ3) is 2.60. The van der Waals surface area contributed by atoms with Crippen molar-refractivity contribution in [2.45, 2.75) is 0 Å². The first-order valence-corrected chi connectivity index (χ1v) is 10.2. The van der Waals surface area contributed by atoms with Gasteiger partial charge in [0.05, 0.1) is 22.1 Å². The SMILES string of the molecule is Clc1nc2ccccc2nc1-c1ccc2c3ccccc3n(-c3ccccc3)c2c1. The molecule has 0 saturated carbocycles. The van der Waals surface area contributed by atoms with Crippen LogP contribution in [0.2, 0.25) is 5.15 Å². The Bertz CT molecular complexity index is 1550. The Morgan fingerprint density at radius 1 is 0.600 bits per heavy atom. The number of halogens is 1. The molecule has 0 bridgehead atoms. The van der Waals surface area contributed by atoms with Gasteiger partial charge in [-0.25, -0.2) is 9.97 Å². The van der Waals surface area contributed by atoms with Gasteiger partial charge < -0.3 is 4.57 Å². The highest BCUT2D eigenvalue weighted by Gasteiger charge is 2.15. The number of aromatic nitrogens is 3. The summed E-state index contributed by atoms with van der Waals surface area (Å²) in [5.41, 5.74) is 6.69. The Hall–Kier alpha value is -3.69. The van der Waals surface area contributed by atoms with Gasteiger partial charge in [0.25, 0.3) is 0 Å². The van der Waals surface area contributed by atoms with Crippen LogP contribution in [-0.4, -0.2) is 14.5 Å². The van der Waals surface area contributed by atoms with Gasteiger partial charge in [0, 0.05) is 22.0 Å². The number of hydrogen-bond donors (Lipinski definition) is 0. The second-order valence-corrected chi connectivity index (χ2v) is 7.63.